The van der Waals surface area contributed by atoms with Gasteiger partial charge in [0.25, 0.3) is 0 Å². The van der Waals surface area contributed by atoms with Gasteiger partial charge in [0.2, 0.25) is 0 Å². The van der Waals surface area contributed by atoms with E-state index in [1.165, 1.54) is 23.9 Å². The Morgan fingerprint density at radius 2 is 2.00 bits per heavy atom. The number of benzene rings is 1. The summed E-state index contributed by atoms with van der Waals surface area (Å²) in [7, 11) is 0. The van der Waals surface area contributed by atoms with Gasteiger partial charge in [-0.15, -0.1) is 11.8 Å². The number of hydrogen-bond donors (Lipinski definition) is 1. The molecule has 0 fully saturated rings. The SMILES string of the molecule is CC(C)C(CS)CSc1cc(F)ccc1F. The first-order valence-corrected chi connectivity index (χ1v) is 6.85. The van der Waals surface area contributed by atoms with Gasteiger partial charge in [-0.3, -0.25) is 0 Å². The molecule has 0 bridgehead atoms. The fourth-order valence-corrected chi connectivity index (χ4v) is 3.26. The molecule has 0 radical (unpaired) electrons. The van der Waals surface area contributed by atoms with Crippen LogP contribution < -0.4 is 0 Å². The van der Waals surface area contributed by atoms with Gasteiger partial charge < -0.3 is 0 Å². The van der Waals surface area contributed by atoms with Crippen molar-refractivity contribution in [2.24, 2.45) is 11.8 Å². The van der Waals surface area contributed by atoms with Crippen LogP contribution in [0.4, 0.5) is 8.78 Å². The molecule has 1 unspecified atom stereocenters. The number of rotatable bonds is 5. The second-order valence-corrected chi connectivity index (χ2v) is 5.50. The molecule has 0 aliphatic heterocycles. The largest absolute Gasteiger partial charge is 0.207 e. The summed E-state index contributed by atoms with van der Waals surface area (Å²) in [5.74, 6) is 1.70. The van der Waals surface area contributed by atoms with Crippen molar-refractivity contribution < 1.29 is 8.78 Å². The summed E-state index contributed by atoms with van der Waals surface area (Å²) >= 11 is 5.62. The zero-order valence-corrected chi connectivity index (χ0v) is 11.1. The third-order valence-corrected chi connectivity index (χ3v) is 4.21. The fourth-order valence-electron chi connectivity index (χ4n) is 1.24. The summed E-state index contributed by atoms with van der Waals surface area (Å²) in [4.78, 5) is 0.382. The molecular weight excluding hydrogens is 246 g/mol. The topological polar surface area (TPSA) is 0 Å². The fraction of sp³-hybridized carbons (Fsp3) is 0.500. The van der Waals surface area contributed by atoms with Gasteiger partial charge in [0.05, 0.1) is 0 Å². The highest BCUT2D eigenvalue weighted by atomic mass is 32.2. The average Bonchev–Trinajstić information content (AvgIpc) is 2.23. The van der Waals surface area contributed by atoms with E-state index < -0.39 is 5.82 Å². The maximum Gasteiger partial charge on any atom is 0.136 e. The highest BCUT2D eigenvalue weighted by molar-refractivity contribution is 7.99. The first kappa shape index (κ1) is 13.8. The van der Waals surface area contributed by atoms with Crippen LogP contribution in [0.2, 0.25) is 0 Å². The first-order valence-electron chi connectivity index (χ1n) is 5.23. The van der Waals surface area contributed by atoms with Crippen molar-refractivity contribution in [3.8, 4) is 0 Å². The molecule has 0 nitrogen and oxygen atoms in total. The molecule has 1 aromatic rings. The van der Waals surface area contributed by atoms with E-state index in [2.05, 4.69) is 26.5 Å². The Kier molecular flexibility index (Phi) is 5.62. The van der Waals surface area contributed by atoms with Crippen LogP contribution in [0.15, 0.2) is 23.1 Å². The molecule has 0 N–H and O–H groups in total. The molecule has 1 rings (SSSR count). The van der Waals surface area contributed by atoms with Crippen LogP contribution in [0.25, 0.3) is 0 Å². The third-order valence-electron chi connectivity index (χ3n) is 2.52. The average molecular weight is 262 g/mol. The number of halogens is 2. The Hall–Kier alpha value is -0.220. The smallest absolute Gasteiger partial charge is 0.136 e. The van der Waals surface area contributed by atoms with Gasteiger partial charge in [0.15, 0.2) is 0 Å². The molecule has 90 valence electrons. The summed E-state index contributed by atoms with van der Waals surface area (Å²) in [5, 5.41) is 0. The minimum absolute atomic E-state index is 0.354. The maximum absolute atomic E-state index is 13.3. The number of thioether (sulfide) groups is 1. The standard InChI is InChI=1S/C12H16F2S2/c1-8(2)9(6-15)7-16-12-5-10(13)3-4-11(12)14/h3-5,8-9,15H,6-7H2,1-2H3. The molecule has 16 heavy (non-hydrogen) atoms. The molecule has 0 aliphatic carbocycles. The Morgan fingerprint density at radius 1 is 1.31 bits per heavy atom. The van der Waals surface area contributed by atoms with E-state index in [1.807, 2.05) is 0 Å². The van der Waals surface area contributed by atoms with Gasteiger partial charge in [-0.2, -0.15) is 12.6 Å². The number of hydrogen-bond acceptors (Lipinski definition) is 2. The van der Waals surface area contributed by atoms with Crippen molar-refractivity contribution in [2.45, 2.75) is 18.7 Å². The molecule has 1 atom stereocenters. The molecule has 0 amide bonds. The van der Waals surface area contributed by atoms with E-state index in [0.29, 0.717) is 16.7 Å². The van der Waals surface area contributed by atoms with Gasteiger partial charge in [0.1, 0.15) is 11.6 Å². The van der Waals surface area contributed by atoms with Gasteiger partial charge >= 0.3 is 0 Å². The summed E-state index contributed by atoms with van der Waals surface area (Å²) < 4.78 is 26.2. The van der Waals surface area contributed by atoms with Crippen LogP contribution in [0.1, 0.15) is 13.8 Å². The highest BCUT2D eigenvalue weighted by Gasteiger charge is 2.13. The van der Waals surface area contributed by atoms with Crippen molar-refractivity contribution in [1.29, 1.82) is 0 Å². The second kappa shape index (κ2) is 6.50. The molecule has 0 saturated carbocycles. The van der Waals surface area contributed by atoms with Crippen LogP contribution in [-0.4, -0.2) is 11.5 Å². The van der Waals surface area contributed by atoms with Gasteiger partial charge in [-0.25, -0.2) is 8.78 Å². The summed E-state index contributed by atoms with van der Waals surface area (Å²) in [6.07, 6.45) is 0. The first-order chi connectivity index (χ1) is 7.54. The molecule has 0 aliphatic rings. The predicted molar refractivity (Wildman–Crippen MR) is 69.3 cm³/mol. The minimum Gasteiger partial charge on any atom is -0.207 e. The van der Waals surface area contributed by atoms with Crippen LogP contribution >= 0.6 is 24.4 Å². The monoisotopic (exact) mass is 262 g/mol. The Bertz CT molecular complexity index is 340. The Morgan fingerprint density at radius 3 is 2.56 bits per heavy atom. The highest BCUT2D eigenvalue weighted by Crippen LogP contribution is 2.27. The Balaban J connectivity index is 2.63. The van der Waals surface area contributed by atoms with Crippen LogP contribution in [0, 0.1) is 23.5 Å². The summed E-state index contributed by atoms with van der Waals surface area (Å²) in [6, 6.07) is 3.55. The van der Waals surface area contributed by atoms with E-state index in [4.69, 9.17) is 0 Å². The minimum atomic E-state index is -0.393. The van der Waals surface area contributed by atoms with Gasteiger partial charge in [0, 0.05) is 10.6 Å². The lowest BCUT2D eigenvalue weighted by molar-refractivity contribution is 0.472. The number of thiol groups is 1. The molecule has 1 aromatic carbocycles. The quantitative estimate of drug-likeness (QED) is 0.611. The molecule has 0 saturated heterocycles. The lowest BCUT2D eigenvalue weighted by Crippen LogP contribution is -2.13. The van der Waals surface area contributed by atoms with Crippen LogP contribution in [0.3, 0.4) is 0 Å². The maximum atomic E-state index is 13.3. The van der Waals surface area contributed by atoms with Gasteiger partial charge in [-0.05, 0) is 35.8 Å². The van der Waals surface area contributed by atoms with Crippen molar-refractivity contribution in [1.82, 2.24) is 0 Å². The molecule has 0 heterocycles. The summed E-state index contributed by atoms with van der Waals surface area (Å²) in [6.45, 7) is 4.23. The molecule has 0 spiro atoms. The van der Waals surface area contributed by atoms with Gasteiger partial charge in [-0.1, -0.05) is 13.8 Å². The van der Waals surface area contributed by atoms with Crippen molar-refractivity contribution >= 4 is 24.4 Å². The lowest BCUT2D eigenvalue weighted by Gasteiger charge is -2.17. The zero-order valence-electron chi connectivity index (χ0n) is 9.41. The summed E-state index contributed by atoms with van der Waals surface area (Å²) in [5.41, 5.74) is 0. The van der Waals surface area contributed by atoms with E-state index in [1.54, 1.807) is 0 Å². The molecular formula is C12H16F2S2. The second-order valence-electron chi connectivity index (χ2n) is 4.07. The van der Waals surface area contributed by atoms with Crippen LogP contribution in [0.5, 0.6) is 0 Å². The van der Waals surface area contributed by atoms with E-state index in [9.17, 15) is 8.78 Å². The van der Waals surface area contributed by atoms with Crippen molar-refractivity contribution in [3.05, 3.63) is 29.8 Å². The van der Waals surface area contributed by atoms with Crippen molar-refractivity contribution in [3.63, 3.8) is 0 Å². The van der Waals surface area contributed by atoms with E-state index in [-0.39, 0.29) is 5.82 Å². The van der Waals surface area contributed by atoms with Crippen LogP contribution in [-0.2, 0) is 0 Å². The normalized spacial score (nSPS) is 13.1. The molecule has 0 aromatic heterocycles. The zero-order chi connectivity index (χ0) is 12.1. The van der Waals surface area contributed by atoms with E-state index in [0.717, 1.165) is 17.6 Å². The predicted octanol–water partition coefficient (Wildman–Crippen LogP) is 4.26. The Labute approximate surface area is 105 Å². The van der Waals surface area contributed by atoms with Crippen molar-refractivity contribution in [2.75, 3.05) is 11.5 Å². The van der Waals surface area contributed by atoms with E-state index >= 15 is 0 Å². The molecule has 4 heteroatoms. The third kappa shape index (κ3) is 3.98. The lowest BCUT2D eigenvalue weighted by atomic mass is 10.0.